The highest BCUT2D eigenvalue weighted by atomic mass is 16.5. The third-order valence-corrected chi connectivity index (χ3v) is 2.61. The van der Waals surface area contributed by atoms with Crippen molar-refractivity contribution in [2.75, 3.05) is 7.11 Å². The van der Waals surface area contributed by atoms with E-state index in [9.17, 15) is 9.59 Å². The lowest BCUT2D eigenvalue weighted by atomic mass is 10.1. The molecule has 0 unspecified atom stereocenters. The molecular weight excluding hydrogens is 244 g/mol. The lowest BCUT2D eigenvalue weighted by Gasteiger charge is -2.15. The number of hydrogen-bond donors (Lipinski definition) is 1. The van der Waals surface area contributed by atoms with Crippen molar-refractivity contribution >= 4 is 11.9 Å². The summed E-state index contributed by atoms with van der Waals surface area (Å²) in [6.45, 7) is 0. The third kappa shape index (κ3) is 4.80. The van der Waals surface area contributed by atoms with E-state index in [1.165, 1.54) is 7.11 Å². The Balaban J connectivity index is 2.64. The summed E-state index contributed by atoms with van der Waals surface area (Å²) in [5, 5.41) is 11.1. The fourth-order valence-electron chi connectivity index (χ4n) is 1.61. The molecule has 5 nitrogen and oxygen atoms in total. The SMILES string of the molecule is COC(=O)[C@@H](CCCC#N)NC(=O)c1ccccc1. The average molecular weight is 260 g/mol. The number of carbonyl (C=O) groups excluding carboxylic acids is 2. The summed E-state index contributed by atoms with van der Waals surface area (Å²) in [6.07, 6.45) is 1.26. The molecule has 1 atom stereocenters. The van der Waals surface area contributed by atoms with Crippen LogP contribution in [0.4, 0.5) is 0 Å². The van der Waals surface area contributed by atoms with Gasteiger partial charge in [0.1, 0.15) is 6.04 Å². The van der Waals surface area contributed by atoms with Crippen molar-refractivity contribution in [3.8, 4) is 6.07 Å². The quantitative estimate of drug-likeness (QED) is 0.623. The van der Waals surface area contributed by atoms with E-state index in [1.54, 1.807) is 24.3 Å². The molecule has 0 heterocycles. The first-order valence-corrected chi connectivity index (χ1v) is 5.99. The summed E-state index contributed by atoms with van der Waals surface area (Å²) >= 11 is 0. The number of unbranched alkanes of at least 4 members (excludes halogenated alkanes) is 1. The number of rotatable bonds is 6. The highest BCUT2D eigenvalue weighted by Gasteiger charge is 2.21. The van der Waals surface area contributed by atoms with E-state index in [2.05, 4.69) is 10.1 Å². The van der Waals surface area contributed by atoms with Crippen molar-refractivity contribution in [3.05, 3.63) is 35.9 Å². The zero-order chi connectivity index (χ0) is 14.1. The third-order valence-electron chi connectivity index (χ3n) is 2.61. The van der Waals surface area contributed by atoms with E-state index in [0.717, 1.165) is 0 Å². The Morgan fingerprint density at radius 1 is 1.37 bits per heavy atom. The van der Waals surface area contributed by atoms with Crippen LogP contribution in [0.25, 0.3) is 0 Å². The van der Waals surface area contributed by atoms with Gasteiger partial charge in [-0.1, -0.05) is 18.2 Å². The van der Waals surface area contributed by atoms with Gasteiger partial charge in [0.15, 0.2) is 0 Å². The molecule has 0 radical (unpaired) electrons. The zero-order valence-corrected chi connectivity index (χ0v) is 10.8. The number of carbonyl (C=O) groups is 2. The maximum Gasteiger partial charge on any atom is 0.328 e. The van der Waals surface area contributed by atoms with Gasteiger partial charge in [0, 0.05) is 12.0 Å². The zero-order valence-electron chi connectivity index (χ0n) is 10.8. The van der Waals surface area contributed by atoms with Crippen molar-refractivity contribution in [3.63, 3.8) is 0 Å². The van der Waals surface area contributed by atoms with Gasteiger partial charge in [-0.2, -0.15) is 5.26 Å². The van der Waals surface area contributed by atoms with Crippen molar-refractivity contribution in [1.29, 1.82) is 5.26 Å². The Kier molecular flexibility index (Phi) is 6.10. The lowest BCUT2D eigenvalue weighted by Crippen LogP contribution is -2.41. The minimum absolute atomic E-state index is 0.326. The van der Waals surface area contributed by atoms with Crippen LogP contribution in [0.5, 0.6) is 0 Å². The molecule has 1 aromatic carbocycles. The van der Waals surface area contributed by atoms with Crippen LogP contribution in [0.3, 0.4) is 0 Å². The van der Waals surface area contributed by atoms with Gasteiger partial charge in [0.2, 0.25) is 0 Å². The number of nitrogens with one attached hydrogen (secondary N) is 1. The Morgan fingerprint density at radius 3 is 2.63 bits per heavy atom. The molecule has 1 amide bonds. The maximum atomic E-state index is 11.9. The maximum absolute atomic E-state index is 11.9. The van der Waals surface area contributed by atoms with Gasteiger partial charge in [-0.15, -0.1) is 0 Å². The van der Waals surface area contributed by atoms with E-state index in [-0.39, 0.29) is 5.91 Å². The first-order valence-electron chi connectivity index (χ1n) is 5.99. The summed E-state index contributed by atoms with van der Waals surface area (Å²) in [5.41, 5.74) is 0.483. The molecule has 0 aliphatic carbocycles. The second kappa shape index (κ2) is 7.88. The molecule has 100 valence electrons. The molecule has 1 N–H and O–H groups in total. The summed E-state index contributed by atoms with van der Waals surface area (Å²) in [6, 6.07) is 9.92. The number of benzene rings is 1. The normalized spacial score (nSPS) is 11.2. The molecule has 0 spiro atoms. The summed E-state index contributed by atoms with van der Waals surface area (Å²) in [4.78, 5) is 23.5. The fourth-order valence-corrected chi connectivity index (χ4v) is 1.61. The van der Waals surface area contributed by atoms with Crippen LogP contribution in [0.1, 0.15) is 29.6 Å². The standard InChI is InChI=1S/C14H16N2O3/c1-19-14(18)12(9-5-6-10-15)16-13(17)11-7-3-2-4-8-11/h2-4,7-8,12H,5-6,9H2,1H3,(H,16,17)/t12-/m1/s1. The van der Waals surface area contributed by atoms with Gasteiger partial charge in [-0.05, 0) is 25.0 Å². The Labute approximate surface area is 112 Å². The van der Waals surface area contributed by atoms with Crippen molar-refractivity contribution in [1.82, 2.24) is 5.32 Å². The highest BCUT2D eigenvalue weighted by Crippen LogP contribution is 2.05. The number of esters is 1. The molecule has 0 fully saturated rings. The van der Waals surface area contributed by atoms with E-state index in [4.69, 9.17) is 5.26 Å². The van der Waals surface area contributed by atoms with Gasteiger partial charge < -0.3 is 10.1 Å². The Hall–Kier alpha value is -2.35. The van der Waals surface area contributed by atoms with Crippen LogP contribution in [0.15, 0.2) is 30.3 Å². The van der Waals surface area contributed by atoms with E-state index < -0.39 is 12.0 Å². The first kappa shape index (κ1) is 14.7. The Morgan fingerprint density at radius 2 is 2.05 bits per heavy atom. The van der Waals surface area contributed by atoms with Gasteiger partial charge in [-0.25, -0.2) is 4.79 Å². The molecule has 0 saturated heterocycles. The van der Waals surface area contributed by atoms with Crippen LogP contribution in [0, 0.1) is 11.3 Å². The minimum Gasteiger partial charge on any atom is -0.467 e. The van der Waals surface area contributed by atoms with Crippen molar-refractivity contribution in [2.45, 2.75) is 25.3 Å². The largest absolute Gasteiger partial charge is 0.467 e. The van der Waals surface area contributed by atoms with Crippen LogP contribution in [-0.2, 0) is 9.53 Å². The molecule has 1 rings (SSSR count). The van der Waals surface area contributed by atoms with Crippen molar-refractivity contribution < 1.29 is 14.3 Å². The number of ether oxygens (including phenoxy) is 1. The van der Waals surface area contributed by atoms with E-state index in [1.807, 2.05) is 12.1 Å². The molecule has 0 aromatic heterocycles. The molecule has 5 heteroatoms. The fraction of sp³-hybridized carbons (Fsp3) is 0.357. The number of nitriles is 1. The first-order chi connectivity index (χ1) is 9.19. The number of nitrogens with zero attached hydrogens (tertiary/aromatic N) is 1. The highest BCUT2D eigenvalue weighted by molar-refractivity contribution is 5.96. The average Bonchev–Trinajstić information content (AvgIpc) is 2.46. The topological polar surface area (TPSA) is 79.2 Å². The van der Waals surface area contributed by atoms with Crippen LogP contribution in [-0.4, -0.2) is 25.0 Å². The van der Waals surface area contributed by atoms with Gasteiger partial charge in [-0.3, -0.25) is 4.79 Å². The molecule has 1 aromatic rings. The predicted octanol–water partition coefficient (Wildman–Crippen LogP) is 1.65. The van der Waals surface area contributed by atoms with E-state index in [0.29, 0.717) is 24.8 Å². The number of hydrogen-bond acceptors (Lipinski definition) is 4. The van der Waals surface area contributed by atoms with Crippen LogP contribution in [0.2, 0.25) is 0 Å². The van der Waals surface area contributed by atoms with Crippen molar-refractivity contribution in [2.24, 2.45) is 0 Å². The van der Waals surface area contributed by atoms with Gasteiger partial charge >= 0.3 is 5.97 Å². The van der Waals surface area contributed by atoms with Crippen LogP contribution >= 0.6 is 0 Å². The minimum atomic E-state index is -0.717. The second-order valence-corrected chi connectivity index (χ2v) is 3.97. The van der Waals surface area contributed by atoms with E-state index >= 15 is 0 Å². The second-order valence-electron chi connectivity index (χ2n) is 3.97. The molecule has 0 bridgehead atoms. The molecule has 0 aliphatic rings. The smallest absolute Gasteiger partial charge is 0.328 e. The van der Waals surface area contributed by atoms with Gasteiger partial charge in [0.05, 0.1) is 13.2 Å². The number of methoxy groups -OCH3 is 1. The molecule has 0 aliphatic heterocycles. The van der Waals surface area contributed by atoms with Crippen LogP contribution < -0.4 is 5.32 Å². The van der Waals surface area contributed by atoms with Gasteiger partial charge in [0.25, 0.3) is 5.91 Å². The molecule has 19 heavy (non-hydrogen) atoms. The summed E-state index contributed by atoms with van der Waals surface area (Å²) in [7, 11) is 1.27. The predicted molar refractivity (Wildman–Crippen MR) is 69.2 cm³/mol. The summed E-state index contributed by atoms with van der Waals surface area (Å²) in [5.74, 6) is -0.824. The summed E-state index contributed by atoms with van der Waals surface area (Å²) < 4.78 is 4.64. The monoisotopic (exact) mass is 260 g/mol. The molecular formula is C14H16N2O3. The number of amides is 1. The Bertz CT molecular complexity index is 465. The molecule has 0 saturated carbocycles. The lowest BCUT2D eigenvalue weighted by molar-refractivity contribution is -0.143.